The van der Waals surface area contributed by atoms with Crippen molar-refractivity contribution in [2.45, 2.75) is 29.8 Å². The van der Waals surface area contributed by atoms with Gasteiger partial charge in [-0.25, -0.2) is 0 Å². The van der Waals surface area contributed by atoms with E-state index in [1.54, 1.807) is 11.8 Å². The summed E-state index contributed by atoms with van der Waals surface area (Å²) in [6, 6.07) is 16.5. The number of thioether (sulfide) groups is 1. The molecule has 0 aliphatic heterocycles. The van der Waals surface area contributed by atoms with Gasteiger partial charge in [-0.3, -0.25) is 4.57 Å². The predicted octanol–water partition coefficient (Wildman–Crippen LogP) is 5.87. The van der Waals surface area contributed by atoms with E-state index in [9.17, 15) is 0 Å². The number of hydrogen-bond acceptors (Lipinski definition) is 6. The number of rotatable bonds is 6. The number of halogens is 1. The minimum Gasteiger partial charge on any atom is -0.420 e. The van der Waals surface area contributed by atoms with Gasteiger partial charge in [-0.15, -0.1) is 20.4 Å². The molecule has 0 bridgehead atoms. The molecular formula is C22H17BrN6OS. The van der Waals surface area contributed by atoms with Crippen LogP contribution in [-0.2, 0) is 5.75 Å². The summed E-state index contributed by atoms with van der Waals surface area (Å²) in [5, 5.41) is 19.5. The Labute approximate surface area is 190 Å². The molecule has 0 atom stereocenters. The number of hydrogen-bond donors (Lipinski definition) is 1. The highest BCUT2D eigenvalue weighted by atomic mass is 79.9. The monoisotopic (exact) mass is 492 g/mol. The first-order valence-electron chi connectivity index (χ1n) is 9.99. The lowest BCUT2D eigenvalue weighted by molar-refractivity contribution is 0.528. The number of H-pyrrole nitrogens is 1. The Morgan fingerprint density at radius 1 is 1.06 bits per heavy atom. The van der Waals surface area contributed by atoms with Crippen molar-refractivity contribution in [2.24, 2.45) is 0 Å². The van der Waals surface area contributed by atoms with Gasteiger partial charge in [-0.1, -0.05) is 52.0 Å². The maximum Gasteiger partial charge on any atom is 0.247 e. The SMILES string of the molecule is Brc1cccc(-c2nnc(CSc3nnc(-c4c[nH]c5ccccc45)n3C3CC3)o2)c1. The summed E-state index contributed by atoms with van der Waals surface area (Å²) in [5.41, 5.74) is 3.07. The van der Waals surface area contributed by atoms with Crippen LogP contribution in [0.2, 0.25) is 0 Å². The molecule has 5 aromatic rings. The van der Waals surface area contributed by atoms with Gasteiger partial charge in [0.05, 0.1) is 5.75 Å². The van der Waals surface area contributed by atoms with Gasteiger partial charge in [0.2, 0.25) is 11.8 Å². The summed E-state index contributed by atoms with van der Waals surface area (Å²) in [6.45, 7) is 0. The van der Waals surface area contributed by atoms with Crippen LogP contribution in [0.1, 0.15) is 24.8 Å². The van der Waals surface area contributed by atoms with Crippen LogP contribution in [0.3, 0.4) is 0 Å². The third-order valence-corrected chi connectivity index (χ3v) is 6.69. The Morgan fingerprint density at radius 3 is 2.84 bits per heavy atom. The van der Waals surface area contributed by atoms with Crippen molar-refractivity contribution in [3.8, 4) is 22.8 Å². The highest BCUT2D eigenvalue weighted by Crippen LogP contribution is 2.42. The molecule has 0 unspecified atom stereocenters. The van der Waals surface area contributed by atoms with Gasteiger partial charge < -0.3 is 9.40 Å². The van der Waals surface area contributed by atoms with Crippen LogP contribution in [0.25, 0.3) is 33.7 Å². The number of nitrogens with zero attached hydrogens (tertiary/aromatic N) is 5. The van der Waals surface area contributed by atoms with E-state index < -0.39 is 0 Å². The molecule has 7 nitrogen and oxygen atoms in total. The predicted molar refractivity (Wildman–Crippen MR) is 123 cm³/mol. The lowest BCUT2D eigenvalue weighted by Gasteiger charge is -2.07. The highest BCUT2D eigenvalue weighted by molar-refractivity contribution is 9.10. The van der Waals surface area contributed by atoms with Gasteiger partial charge in [0, 0.05) is 38.7 Å². The molecule has 0 amide bonds. The summed E-state index contributed by atoms with van der Waals surface area (Å²) in [4.78, 5) is 3.34. The molecule has 0 saturated heterocycles. The summed E-state index contributed by atoms with van der Waals surface area (Å²) in [7, 11) is 0. The second kappa shape index (κ2) is 7.65. The Kier molecular flexibility index (Phi) is 4.65. The summed E-state index contributed by atoms with van der Waals surface area (Å²) in [6.07, 6.45) is 4.31. The molecule has 0 radical (unpaired) electrons. The zero-order valence-electron chi connectivity index (χ0n) is 16.3. The summed E-state index contributed by atoms with van der Waals surface area (Å²) in [5.74, 6) is 2.53. The quantitative estimate of drug-likeness (QED) is 0.298. The number of para-hydroxylation sites is 1. The highest BCUT2D eigenvalue weighted by Gasteiger charge is 2.31. The molecule has 1 aliphatic carbocycles. The van der Waals surface area contributed by atoms with Crippen molar-refractivity contribution in [3.63, 3.8) is 0 Å². The van der Waals surface area contributed by atoms with Crippen LogP contribution >= 0.6 is 27.7 Å². The number of aromatic nitrogens is 6. The molecule has 1 fully saturated rings. The summed E-state index contributed by atoms with van der Waals surface area (Å²) >= 11 is 5.05. The number of aromatic amines is 1. The third kappa shape index (κ3) is 3.57. The van der Waals surface area contributed by atoms with Crippen LogP contribution < -0.4 is 0 Å². The second-order valence-corrected chi connectivity index (χ2v) is 9.31. The van der Waals surface area contributed by atoms with E-state index in [2.05, 4.69) is 58.0 Å². The molecule has 2 aromatic carbocycles. The Balaban J connectivity index is 1.27. The van der Waals surface area contributed by atoms with Crippen LogP contribution in [0.15, 0.2) is 68.8 Å². The molecule has 9 heteroatoms. The van der Waals surface area contributed by atoms with E-state index in [4.69, 9.17) is 4.42 Å². The topological polar surface area (TPSA) is 85.4 Å². The van der Waals surface area contributed by atoms with E-state index in [0.29, 0.717) is 23.6 Å². The average Bonchev–Trinajstić information content (AvgIpc) is 3.20. The maximum absolute atomic E-state index is 5.87. The van der Waals surface area contributed by atoms with Crippen molar-refractivity contribution in [1.29, 1.82) is 0 Å². The van der Waals surface area contributed by atoms with Crippen molar-refractivity contribution in [1.82, 2.24) is 29.9 Å². The minimum absolute atomic E-state index is 0.445. The van der Waals surface area contributed by atoms with E-state index in [0.717, 1.165) is 50.3 Å². The molecule has 1 saturated carbocycles. The zero-order chi connectivity index (χ0) is 20.8. The largest absolute Gasteiger partial charge is 0.420 e. The van der Waals surface area contributed by atoms with Crippen LogP contribution in [0.5, 0.6) is 0 Å². The fourth-order valence-corrected chi connectivity index (χ4v) is 4.90. The van der Waals surface area contributed by atoms with E-state index in [1.807, 2.05) is 42.6 Å². The Hall–Kier alpha value is -2.91. The second-order valence-electron chi connectivity index (χ2n) is 7.46. The number of benzene rings is 2. The molecule has 154 valence electrons. The van der Waals surface area contributed by atoms with E-state index in [1.165, 1.54) is 0 Å². The van der Waals surface area contributed by atoms with Crippen LogP contribution in [0, 0.1) is 0 Å². The van der Waals surface area contributed by atoms with E-state index >= 15 is 0 Å². The molecule has 3 heterocycles. The van der Waals surface area contributed by atoms with Crippen LogP contribution in [-0.4, -0.2) is 29.9 Å². The van der Waals surface area contributed by atoms with Crippen molar-refractivity contribution < 1.29 is 4.42 Å². The third-order valence-electron chi connectivity index (χ3n) is 5.27. The van der Waals surface area contributed by atoms with Gasteiger partial charge >= 0.3 is 0 Å². The van der Waals surface area contributed by atoms with Gasteiger partial charge in [0.15, 0.2) is 11.0 Å². The molecule has 1 aliphatic rings. The van der Waals surface area contributed by atoms with Gasteiger partial charge in [-0.05, 0) is 37.1 Å². The fraction of sp³-hybridized carbons (Fsp3) is 0.182. The number of nitrogens with one attached hydrogen (secondary N) is 1. The lowest BCUT2D eigenvalue weighted by Crippen LogP contribution is -1.99. The van der Waals surface area contributed by atoms with Gasteiger partial charge in [0.1, 0.15) is 0 Å². The van der Waals surface area contributed by atoms with Gasteiger partial charge in [-0.2, -0.15) is 0 Å². The normalized spacial score (nSPS) is 13.8. The number of fused-ring (bicyclic) bond motifs is 1. The lowest BCUT2D eigenvalue weighted by atomic mass is 10.1. The molecule has 1 N–H and O–H groups in total. The molecular weight excluding hydrogens is 476 g/mol. The minimum atomic E-state index is 0.445. The maximum atomic E-state index is 5.87. The summed E-state index contributed by atoms with van der Waals surface area (Å²) < 4.78 is 9.10. The Bertz CT molecular complexity index is 1390. The first kappa shape index (κ1) is 18.8. The molecule has 3 aromatic heterocycles. The van der Waals surface area contributed by atoms with Crippen molar-refractivity contribution in [2.75, 3.05) is 0 Å². The fourth-order valence-electron chi connectivity index (χ4n) is 3.65. The smallest absolute Gasteiger partial charge is 0.247 e. The molecule has 31 heavy (non-hydrogen) atoms. The van der Waals surface area contributed by atoms with Crippen molar-refractivity contribution >= 4 is 38.6 Å². The molecule has 0 spiro atoms. The van der Waals surface area contributed by atoms with E-state index in [-0.39, 0.29) is 0 Å². The first-order valence-corrected chi connectivity index (χ1v) is 11.8. The van der Waals surface area contributed by atoms with Gasteiger partial charge in [0.25, 0.3) is 0 Å². The van der Waals surface area contributed by atoms with Crippen molar-refractivity contribution in [3.05, 3.63) is 65.1 Å². The van der Waals surface area contributed by atoms with Crippen LogP contribution in [0.4, 0.5) is 0 Å². The standard InChI is InChI=1S/C22H17BrN6OS/c23-14-5-3-4-13(10-14)21-27-25-19(30-21)12-31-22-28-26-20(29(22)15-8-9-15)17-11-24-18-7-2-1-6-16(17)18/h1-7,10-11,15,24H,8-9,12H2. The average molecular weight is 493 g/mol. The first-order chi connectivity index (χ1) is 15.3. The molecule has 6 rings (SSSR count). The Morgan fingerprint density at radius 2 is 1.97 bits per heavy atom. The zero-order valence-corrected chi connectivity index (χ0v) is 18.7.